The van der Waals surface area contributed by atoms with Crippen LogP contribution in [0.25, 0.3) is 0 Å². The molecule has 9 aliphatic rings. The minimum absolute atomic E-state index is 0.0633. The number of amides is 1. The van der Waals surface area contributed by atoms with Crippen molar-refractivity contribution in [2.45, 2.75) is 155 Å². The van der Waals surface area contributed by atoms with Crippen LogP contribution in [0, 0.1) is 83.7 Å². The number of hydrogen-bond donors (Lipinski definition) is 6. The Kier molecular flexibility index (Phi) is 43.9. The first-order chi connectivity index (χ1) is 54.5. The lowest BCUT2D eigenvalue weighted by atomic mass is 10.1. The van der Waals surface area contributed by atoms with Crippen molar-refractivity contribution in [2.24, 2.45) is 40.9 Å². The number of anilines is 4. The minimum Gasteiger partial charge on any atom is -0.396 e. The smallest absolute Gasteiger partial charge is 0.396 e. The third-order valence-corrected chi connectivity index (χ3v) is 20.7. The second-order valence-electron chi connectivity index (χ2n) is 28.7. The van der Waals surface area contributed by atoms with E-state index in [1.165, 1.54) is 231 Å². The topological polar surface area (TPSA) is 345 Å². The summed E-state index contributed by atoms with van der Waals surface area (Å²) in [5.41, 5.74) is 25.2. The first-order valence-corrected chi connectivity index (χ1v) is 41.4. The molecule has 9 N–H and O–H groups in total. The number of piperidine rings is 4. The van der Waals surface area contributed by atoms with E-state index < -0.39 is 32.8 Å². The van der Waals surface area contributed by atoms with Crippen molar-refractivity contribution >= 4 is 73.2 Å². The molecule has 23 nitrogen and oxygen atoms in total. The number of halogens is 3. The van der Waals surface area contributed by atoms with Gasteiger partial charge in [-0.3, -0.25) is 29.8 Å². The van der Waals surface area contributed by atoms with Crippen LogP contribution in [-0.2, 0) is 13.1 Å². The monoisotopic (exact) mass is 1620 g/mol. The van der Waals surface area contributed by atoms with E-state index in [2.05, 4.69) is 111 Å². The second kappa shape index (κ2) is 53.7. The predicted molar refractivity (Wildman–Crippen MR) is 449 cm³/mol. The highest BCUT2D eigenvalue weighted by molar-refractivity contribution is 9.09. The maximum Gasteiger partial charge on any atom is 0.433 e. The van der Waals surface area contributed by atoms with Crippen LogP contribution in [0.2, 0.25) is 0 Å². The number of piperazine rings is 1. The van der Waals surface area contributed by atoms with Gasteiger partial charge in [0, 0.05) is 107 Å². The summed E-state index contributed by atoms with van der Waals surface area (Å²) in [4.78, 5) is 51.0. The molecule has 112 heavy (non-hydrogen) atoms. The van der Waals surface area contributed by atoms with Crippen LogP contribution in [0.4, 0.5) is 38.9 Å². The molecule has 0 unspecified atom stereocenters. The lowest BCUT2D eigenvalue weighted by Gasteiger charge is -2.29. The van der Waals surface area contributed by atoms with Gasteiger partial charge in [-0.05, 0) is 291 Å². The van der Waals surface area contributed by atoms with Crippen LogP contribution in [-0.4, -0.2) is 118 Å². The number of nitro groups is 2. The maximum atomic E-state index is 12.1. The van der Waals surface area contributed by atoms with Gasteiger partial charge in [0.05, 0.1) is 47.0 Å². The van der Waals surface area contributed by atoms with Gasteiger partial charge in [0.1, 0.15) is 15.7 Å². The predicted octanol–water partition coefficient (Wildman–Crippen LogP) is 17.1. The van der Waals surface area contributed by atoms with Crippen LogP contribution < -0.4 is 52.8 Å². The van der Waals surface area contributed by atoms with Gasteiger partial charge in [-0.15, -0.1) is 0 Å². The number of carbonyl (C=O) groups is 2. The zero-order chi connectivity index (χ0) is 80.5. The first kappa shape index (κ1) is 91.6. The third kappa shape index (κ3) is 38.3. The molecule has 5 saturated heterocycles. The Morgan fingerprint density at radius 3 is 1.09 bits per heavy atom. The molecular formula is C86H116BrClFN15O8. The van der Waals surface area contributed by atoms with Gasteiger partial charge in [0.15, 0.2) is 11.5 Å². The second-order valence-corrected chi connectivity index (χ2v) is 29.7. The number of carbonyl (C=O) groups excluding carboxylic acids is 2. The number of rotatable bonds is 15. The molecule has 7 aromatic rings. The lowest BCUT2D eigenvalue weighted by molar-refractivity contribution is -0.402. The van der Waals surface area contributed by atoms with Gasteiger partial charge in [0.25, 0.3) is 11.1 Å². The van der Waals surface area contributed by atoms with Gasteiger partial charge in [0.2, 0.25) is 0 Å². The summed E-state index contributed by atoms with van der Waals surface area (Å²) in [6, 6.07) is 48.6. The minimum atomic E-state index is -0.849. The zero-order valence-electron chi connectivity index (χ0n) is 65.2. The van der Waals surface area contributed by atoms with Crippen LogP contribution in [0.1, 0.15) is 191 Å². The number of nitrogens with one attached hydrogen (secondary N) is 3. The van der Waals surface area contributed by atoms with E-state index in [0.29, 0.717) is 18.7 Å². The Morgan fingerprint density at radius 1 is 0.482 bits per heavy atom. The normalized spacial score (nSPS) is 16.4. The van der Waals surface area contributed by atoms with Crippen molar-refractivity contribution in [3.63, 3.8) is 0 Å². The van der Waals surface area contributed by atoms with E-state index in [-0.39, 0.29) is 17.3 Å². The number of hydrogen-bond acceptors (Lipinski definition) is 20. The van der Waals surface area contributed by atoms with E-state index in [9.17, 15) is 34.2 Å². The highest BCUT2D eigenvalue weighted by Crippen LogP contribution is 2.32. The quantitative estimate of drug-likeness (QED) is 0.0240. The van der Waals surface area contributed by atoms with E-state index in [1.54, 1.807) is 0 Å². The van der Waals surface area contributed by atoms with E-state index in [4.69, 9.17) is 49.0 Å². The maximum absolute atomic E-state index is 12.1. The molecular weight excluding hydrogens is 1510 g/mol. The molecule has 604 valence electrons. The van der Waals surface area contributed by atoms with Crippen LogP contribution in [0.15, 0.2) is 154 Å². The van der Waals surface area contributed by atoms with Gasteiger partial charge >= 0.3 is 11.8 Å². The van der Waals surface area contributed by atoms with Gasteiger partial charge < -0.3 is 61.6 Å². The fourth-order valence-corrected chi connectivity index (χ4v) is 12.5. The Bertz CT molecular complexity index is 3740. The van der Waals surface area contributed by atoms with E-state index in [1.807, 2.05) is 66.7 Å². The SMILES string of the molecule is BrCC1CC1.C1CCNCC1.CCC1CC1.N#Cc1ccc(F)cc1.N#Cc1ccc(N2CCCCC2)cc1.N#Cc1ccc(N2CCNCC2)cc1.NCC1CC1.NCC1CC1.NCc1ccc(N2CCCCC2)cc1.O=C(Cl)c1ccc([N+](=O)[O-])o1.O=C(NCc1ccc(N2CCCCC2)cc1)c1ccc([N+](=O)[O-])o1. The summed E-state index contributed by atoms with van der Waals surface area (Å²) in [6.07, 6.45) is 28.9. The molecule has 5 aliphatic heterocycles. The summed E-state index contributed by atoms with van der Waals surface area (Å²) in [5.74, 6) is 2.01. The molecule has 1 amide bonds. The Labute approximate surface area is 675 Å². The number of nitriles is 3. The molecule has 5 aromatic carbocycles. The fraction of sp³-hybridized carbons (Fsp3) is 0.500. The largest absolute Gasteiger partial charge is 0.433 e. The zero-order valence-corrected chi connectivity index (χ0v) is 67.5. The first-order valence-electron chi connectivity index (χ1n) is 39.9. The summed E-state index contributed by atoms with van der Waals surface area (Å²) >= 11 is 8.34. The summed E-state index contributed by atoms with van der Waals surface area (Å²) < 4.78 is 21.4. The van der Waals surface area contributed by atoms with Crippen LogP contribution >= 0.6 is 27.5 Å². The van der Waals surface area contributed by atoms with Gasteiger partial charge in [-0.25, -0.2) is 4.39 Å². The Balaban J connectivity index is 0.000000200. The van der Waals surface area contributed by atoms with Gasteiger partial charge in [-0.1, -0.05) is 72.8 Å². The summed E-state index contributed by atoms with van der Waals surface area (Å²) in [7, 11) is 0. The Hall–Kier alpha value is -9.23. The molecule has 0 atom stereocenters. The van der Waals surface area contributed by atoms with Crippen LogP contribution in [0.3, 0.4) is 0 Å². The van der Waals surface area contributed by atoms with Crippen LogP contribution in [0.5, 0.6) is 0 Å². The number of nitrogens with two attached hydrogens (primary N) is 3. The van der Waals surface area contributed by atoms with Crippen molar-refractivity contribution in [1.82, 2.24) is 16.0 Å². The van der Waals surface area contributed by atoms with Crippen molar-refractivity contribution in [2.75, 3.05) is 117 Å². The molecule has 4 saturated carbocycles. The molecule has 9 fully saturated rings. The molecule has 26 heteroatoms. The Morgan fingerprint density at radius 2 is 0.821 bits per heavy atom. The number of alkyl halides is 1. The average Bonchev–Trinajstić information content (AvgIpc) is 1.89. The molecule has 7 heterocycles. The lowest BCUT2D eigenvalue weighted by Crippen LogP contribution is -2.43. The average molecular weight is 1620 g/mol. The highest BCUT2D eigenvalue weighted by atomic mass is 79.9. The molecule has 4 aliphatic carbocycles. The summed E-state index contributed by atoms with van der Waals surface area (Å²) in [6.45, 7) is 18.7. The van der Waals surface area contributed by atoms with E-state index in [0.717, 1.165) is 118 Å². The molecule has 0 spiro atoms. The number of benzene rings is 5. The van der Waals surface area contributed by atoms with Crippen molar-refractivity contribution in [1.29, 1.82) is 15.8 Å². The number of nitrogens with zero attached hydrogens (tertiary/aromatic N) is 9. The molecule has 16 rings (SSSR count). The highest BCUT2D eigenvalue weighted by Gasteiger charge is 2.22. The third-order valence-electron chi connectivity index (χ3n) is 19.6. The summed E-state index contributed by atoms with van der Waals surface area (Å²) in [5, 5.41) is 55.8. The van der Waals surface area contributed by atoms with Crippen molar-refractivity contribution in [3.05, 3.63) is 211 Å². The fourth-order valence-electron chi connectivity index (χ4n) is 11.7. The van der Waals surface area contributed by atoms with Crippen molar-refractivity contribution < 1.29 is 32.7 Å². The molecule has 0 bridgehead atoms. The molecule has 2 aromatic heterocycles. The standard InChI is InChI=1S/C17H19N3O4.C12H18N2.C12H14N2.C11H13N3.C7H4FN.C5H2ClNO4.C5H11N.C5H10.C4H7Br.2C4H9N/c21-17(15-8-9-16(24-15)20(22)23)18-12-13-4-6-14(7-5-13)19-10-2-1-3-11-19;2*13-10-11-4-6-12(7-5-11)14-8-2-1-3-9-14;12-9-10-1-3-11(4-2-10)14-7-5-13-6-8-14;8-7-3-1-6(5-9)2-4-7;6-5(8)3-1-2-4(11-3)7(9)10;1-2-4-6-5-3-1;1-2-5-3-4-5;3*5-3-4-1-2-4/h4-9H,1-3,10-12H2,(H,18,21);4-7H,1-3,8-10,13H2;4-7H,1-3,8-9H2;1-4,13H,5-8H2;1-4H;1-2H;6H,1-5H2;5H,2-4H2,1H3;4H,1-3H2;2*4H,1-3,5H2. The van der Waals surface area contributed by atoms with Gasteiger partial charge in [-0.2, -0.15) is 15.8 Å². The van der Waals surface area contributed by atoms with E-state index >= 15 is 0 Å². The molecule has 0 radical (unpaired) electrons. The number of furan rings is 2. The van der Waals surface area contributed by atoms with Crippen molar-refractivity contribution in [3.8, 4) is 18.2 Å².